The molecule has 0 saturated heterocycles. The molecule has 1 aromatic carbocycles. The molecule has 0 bridgehead atoms. The molecular formula is C16H22Hf. The van der Waals surface area contributed by atoms with E-state index < -0.39 is 0 Å². The molecule has 0 radical (unpaired) electrons. The second kappa shape index (κ2) is 5.65. The van der Waals surface area contributed by atoms with Crippen LogP contribution in [0.1, 0.15) is 68.7 Å². The van der Waals surface area contributed by atoms with E-state index >= 15 is 0 Å². The summed E-state index contributed by atoms with van der Waals surface area (Å²) in [6.45, 7) is 11.4. The van der Waals surface area contributed by atoms with Gasteiger partial charge in [-0.05, 0) is 47.4 Å². The Labute approximate surface area is 124 Å². The van der Waals surface area contributed by atoms with Crippen molar-refractivity contribution < 1.29 is 25.8 Å². The quantitative estimate of drug-likeness (QED) is 0.629. The van der Waals surface area contributed by atoms with Crippen molar-refractivity contribution in [1.29, 1.82) is 0 Å². The molecule has 17 heavy (non-hydrogen) atoms. The van der Waals surface area contributed by atoms with Gasteiger partial charge in [0.2, 0.25) is 0 Å². The van der Waals surface area contributed by atoms with Crippen LogP contribution in [0.4, 0.5) is 0 Å². The Bertz CT molecular complexity index is 439. The van der Waals surface area contributed by atoms with E-state index in [1.54, 1.807) is 0 Å². The molecule has 0 heterocycles. The molecule has 2 rings (SSSR count). The summed E-state index contributed by atoms with van der Waals surface area (Å²) in [6.07, 6.45) is 3.52. The fourth-order valence-corrected chi connectivity index (χ4v) is 2.49. The van der Waals surface area contributed by atoms with Crippen molar-refractivity contribution >= 4 is 6.08 Å². The molecule has 0 amide bonds. The van der Waals surface area contributed by atoms with Crippen LogP contribution in [0.25, 0.3) is 6.08 Å². The van der Waals surface area contributed by atoms with Gasteiger partial charge in [-0.15, -0.1) is 0 Å². The van der Waals surface area contributed by atoms with Crippen LogP contribution in [0.3, 0.4) is 0 Å². The van der Waals surface area contributed by atoms with Gasteiger partial charge in [0, 0.05) is 25.8 Å². The summed E-state index contributed by atoms with van der Waals surface area (Å²) in [7, 11) is 0. The summed E-state index contributed by atoms with van der Waals surface area (Å²) in [6, 6.07) is 4.81. The number of hydrogen-bond acceptors (Lipinski definition) is 0. The maximum Gasteiger partial charge on any atom is 0 e. The average molecular weight is 393 g/mol. The van der Waals surface area contributed by atoms with Crippen molar-refractivity contribution in [3.05, 3.63) is 40.0 Å². The van der Waals surface area contributed by atoms with Crippen LogP contribution < -0.4 is 0 Å². The first-order chi connectivity index (χ1) is 7.49. The Kier molecular flexibility index (Phi) is 4.95. The zero-order valence-corrected chi connectivity index (χ0v) is 15.2. The van der Waals surface area contributed by atoms with Gasteiger partial charge in [-0.25, -0.2) is 0 Å². The largest absolute Gasteiger partial charge is 0.0683 e. The molecule has 1 aliphatic carbocycles. The third-order valence-corrected chi connectivity index (χ3v) is 3.47. The molecule has 0 nitrogen and oxygen atoms in total. The summed E-state index contributed by atoms with van der Waals surface area (Å²) in [5.74, 6) is 1.25. The van der Waals surface area contributed by atoms with Gasteiger partial charge in [-0.1, -0.05) is 51.5 Å². The van der Waals surface area contributed by atoms with E-state index in [-0.39, 0.29) is 25.8 Å². The van der Waals surface area contributed by atoms with Crippen molar-refractivity contribution in [1.82, 2.24) is 0 Å². The third kappa shape index (κ3) is 2.99. The summed E-state index contributed by atoms with van der Waals surface area (Å²) in [5, 5.41) is 0. The maximum atomic E-state index is 2.41. The van der Waals surface area contributed by atoms with E-state index in [9.17, 15) is 0 Å². The van der Waals surface area contributed by atoms with Gasteiger partial charge in [0.25, 0.3) is 0 Å². The number of allylic oxidation sites excluding steroid dienone is 1. The smallest absolute Gasteiger partial charge is 0 e. The number of fused-ring (bicyclic) bond motifs is 1. The molecule has 1 aliphatic rings. The van der Waals surface area contributed by atoms with Crippen molar-refractivity contribution in [3.8, 4) is 0 Å². The number of rotatable bonds is 2. The number of hydrogen-bond donors (Lipinski definition) is 0. The molecule has 0 N–H and O–H groups in total. The molecule has 0 atom stereocenters. The minimum atomic E-state index is 0. The first-order valence-electron chi connectivity index (χ1n) is 6.33. The monoisotopic (exact) mass is 394 g/mol. The molecule has 0 fully saturated rings. The summed E-state index contributed by atoms with van der Waals surface area (Å²) in [5.41, 5.74) is 7.55. The van der Waals surface area contributed by atoms with Crippen LogP contribution in [-0.4, -0.2) is 0 Å². The van der Waals surface area contributed by atoms with Gasteiger partial charge in [0.1, 0.15) is 0 Å². The van der Waals surface area contributed by atoms with E-state index in [0.29, 0.717) is 11.8 Å². The van der Waals surface area contributed by atoms with Crippen molar-refractivity contribution in [2.24, 2.45) is 0 Å². The normalized spacial score (nSPS) is 13.7. The maximum absolute atomic E-state index is 2.41. The van der Waals surface area contributed by atoms with E-state index in [4.69, 9.17) is 0 Å². The van der Waals surface area contributed by atoms with Crippen LogP contribution in [0.5, 0.6) is 0 Å². The molecule has 1 heteroatoms. The standard InChI is InChI=1S/C16H22.Hf/c1-10(2)13-8-14-6-12(5)7-16(14)15(9-13)11(3)4;/h7-11H,6H2,1-5H3;. The van der Waals surface area contributed by atoms with Gasteiger partial charge in [0.05, 0.1) is 0 Å². The van der Waals surface area contributed by atoms with Crippen LogP contribution in [-0.2, 0) is 32.3 Å². The van der Waals surface area contributed by atoms with Crippen LogP contribution in [0, 0.1) is 0 Å². The SMILES string of the molecule is CC1=Cc2c(cc(C(C)C)cc2C(C)C)C1.[Hf]. The molecular weight excluding hydrogens is 371 g/mol. The van der Waals surface area contributed by atoms with E-state index in [2.05, 4.69) is 52.8 Å². The second-order valence-corrected chi connectivity index (χ2v) is 5.66. The second-order valence-electron chi connectivity index (χ2n) is 5.66. The molecule has 90 valence electrons. The molecule has 0 aliphatic heterocycles. The third-order valence-electron chi connectivity index (χ3n) is 3.47. The Hall–Kier alpha value is -0.170. The first kappa shape index (κ1) is 14.9. The van der Waals surface area contributed by atoms with Crippen molar-refractivity contribution in [2.45, 2.75) is 52.9 Å². The fraction of sp³-hybridized carbons (Fsp3) is 0.500. The molecule has 0 aromatic heterocycles. The minimum absolute atomic E-state index is 0. The summed E-state index contributed by atoms with van der Waals surface area (Å²) < 4.78 is 0. The fourth-order valence-electron chi connectivity index (χ4n) is 2.49. The van der Waals surface area contributed by atoms with Gasteiger partial charge < -0.3 is 0 Å². The van der Waals surface area contributed by atoms with Gasteiger partial charge in [-0.3, -0.25) is 0 Å². The summed E-state index contributed by atoms with van der Waals surface area (Å²) in [4.78, 5) is 0. The molecule has 0 saturated carbocycles. The van der Waals surface area contributed by atoms with Gasteiger partial charge >= 0.3 is 0 Å². The van der Waals surface area contributed by atoms with E-state index in [1.165, 1.54) is 27.8 Å². The minimum Gasteiger partial charge on any atom is -0.0683 e. The first-order valence-corrected chi connectivity index (χ1v) is 6.33. The zero-order valence-electron chi connectivity index (χ0n) is 11.6. The van der Waals surface area contributed by atoms with Gasteiger partial charge in [-0.2, -0.15) is 0 Å². The predicted molar refractivity (Wildman–Crippen MR) is 72.0 cm³/mol. The Morgan fingerprint density at radius 3 is 2.18 bits per heavy atom. The van der Waals surface area contributed by atoms with Crippen molar-refractivity contribution in [3.63, 3.8) is 0 Å². The van der Waals surface area contributed by atoms with Gasteiger partial charge in [0.15, 0.2) is 0 Å². The summed E-state index contributed by atoms with van der Waals surface area (Å²) >= 11 is 0. The Morgan fingerprint density at radius 1 is 1.00 bits per heavy atom. The average Bonchev–Trinajstić information content (AvgIpc) is 2.55. The number of benzene rings is 1. The Balaban J connectivity index is 0.00000144. The topological polar surface area (TPSA) is 0 Å². The van der Waals surface area contributed by atoms with Crippen LogP contribution >= 0.6 is 0 Å². The van der Waals surface area contributed by atoms with E-state index in [1.807, 2.05) is 0 Å². The molecule has 1 aromatic rings. The molecule has 0 unspecified atom stereocenters. The van der Waals surface area contributed by atoms with Crippen molar-refractivity contribution in [2.75, 3.05) is 0 Å². The van der Waals surface area contributed by atoms with Crippen LogP contribution in [0.2, 0.25) is 0 Å². The Morgan fingerprint density at radius 2 is 1.65 bits per heavy atom. The van der Waals surface area contributed by atoms with Crippen LogP contribution in [0.15, 0.2) is 17.7 Å². The molecule has 0 spiro atoms. The zero-order chi connectivity index (χ0) is 11.9. The van der Waals surface area contributed by atoms with E-state index in [0.717, 1.165) is 6.42 Å². The predicted octanol–water partition coefficient (Wildman–Crippen LogP) is 4.89.